The standard InChI is InChI=1S/C12H15BrFNO/c13-11-9(14)6-8(7-10(11)16)12(15)4-2-1-3-5-12/h6-7,16H,1-5,15H2. The second-order valence-corrected chi connectivity index (χ2v) is 5.30. The fraction of sp³-hybridized carbons (Fsp3) is 0.500. The Morgan fingerprint density at radius 1 is 1.25 bits per heavy atom. The summed E-state index contributed by atoms with van der Waals surface area (Å²) in [6.07, 6.45) is 5.02. The molecule has 0 bridgehead atoms. The number of nitrogens with two attached hydrogens (primary N) is 1. The highest BCUT2D eigenvalue weighted by atomic mass is 79.9. The lowest BCUT2D eigenvalue weighted by Crippen LogP contribution is -2.38. The van der Waals surface area contributed by atoms with Gasteiger partial charge in [-0.05, 0) is 46.5 Å². The summed E-state index contributed by atoms with van der Waals surface area (Å²) < 4.78 is 13.6. The molecule has 3 N–H and O–H groups in total. The highest BCUT2D eigenvalue weighted by Crippen LogP contribution is 2.38. The molecule has 0 spiro atoms. The van der Waals surface area contributed by atoms with Gasteiger partial charge in [0.2, 0.25) is 0 Å². The molecule has 0 amide bonds. The van der Waals surface area contributed by atoms with Crippen molar-refractivity contribution >= 4 is 15.9 Å². The second kappa shape index (κ2) is 4.34. The maximum absolute atomic E-state index is 13.5. The Bertz CT molecular complexity index is 379. The molecular weight excluding hydrogens is 273 g/mol. The van der Waals surface area contributed by atoms with E-state index in [1.165, 1.54) is 12.5 Å². The maximum atomic E-state index is 13.5. The van der Waals surface area contributed by atoms with Crippen LogP contribution in [0.5, 0.6) is 5.75 Å². The van der Waals surface area contributed by atoms with Crippen LogP contribution in [0.15, 0.2) is 16.6 Å². The summed E-state index contributed by atoms with van der Waals surface area (Å²) in [5.41, 5.74) is 6.50. The molecule has 0 atom stereocenters. The molecule has 0 unspecified atom stereocenters. The molecule has 1 fully saturated rings. The van der Waals surface area contributed by atoms with Crippen molar-refractivity contribution in [1.29, 1.82) is 0 Å². The van der Waals surface area contributed by atoms with Gasteiger partial charge in [0.15, 0.2) is 0 Å². The number of rotatable bonds is 1. The smallest absolute Gasteiger partial charge is 0.141 e. The quantitative estimate of drug-likeness (QED) is 0.831. The molecule has 88 valence electrons. The summed E-state index contributed by atoms with van der Waals surface area (Å²) >= 11 is 2.99. The van der Waals surface area contributed by atoms with Gasteiger partial charge in [-0.15, -0.1) is 0 Å². The van der Waals surface area contributed by atoms with Crippen LogP contribution in [-0.2, 0) is 5.54 Å². The van der Waals surface area contributed by atoms with E-state index in [0.29, 0.717) is 5.56 Å². The Morgan fingerprint density at radius 3 is 2.44 bits per heavy atom. The first-order chi connectivity index (χ1) is 7.53. The Labute approximate surface area is 103 Å². The zero-order valence-electron chi connectivity index (χ0n) is 8.97. The monoisotopic (exact) mass is 287 g/mol. The fourth-order valence-electron chi connectivity index (χ4n) is 2.33. The molecule has 1 aliphatic carbocycles. The average Bonchev–Trinajstić information content (AvgIpc) is 2.26. The summed E-state index contributed by atoms with van der Waals surface area (Å²) in [4.78, 5) is 0. The van der Waals surface area contributed by atoms with E-state index in [-0.39, 0.29) is 10.2 Å². The van der Waals surface area contributed by atoms with Crippen molar-refractivity contribution in [2.45, 2.75) is 37.6 Å². The van der Waals surface area contributed by atoms with E-state index in [1.54, 1.807) is 6.07 Å². The predicted octanol–water partition coefficient (Wildman–Crippen LogP) is 3.41. The van der Waals surface area contributed by atoms with Crippen LogP contribution in [0, 0.1) is 5.82 Å². The van der Waals surface area contributed by atoms with Crippen molar-refractivity contribution in [2.24, 2.45) is 5.73 Å². The Morgan fingerprint density at radius 2 is 1.88 bits per heavy atom. The molecule has 1 aliphatic rings. The first-order valence-corrected chi connectivity index (χ1v) is 6.30. The maximum Gasteiger partial charge on any atom is 0.141 e. The molecule has 0 aliphatic heterocycles. The molecular formula is C12H15BrFNO. The topological polar surface area (TPSA) is 46.2 Å². The summed E-state index contributed by atoms with van der Waals surface area (Å²) in [5, 5.41) is 9.58. The minimum absolute atomic E-state index is 0.0783. The van der Waals surface area contributed by atoms with Crippen LogP contribution >= 0.6 is 15.9 Å². The minimum Gasteiger partial charge on any atom is -0.507 e. The summed E-state index contributed by atoms with van der Waals surface area (Å²) in [6, 6.07) is 2.99. The van der Waals surface area contributed by atoms with E-state index < -0.39 is 11.4 Å². The molecule has 16 heavy (non-hydrogen) atoms. The third-order valence-electron chi connectivity index (χ3n) is 3.33. The third kappa shape index (κ3) is 2.09. The largest absolute Gasteiger partial charge is 0.507 e. The zero-order chi connectivity index (χ0) is 11.8. The van der Waals surface area contributed by atoms with Crippen molar-refractivity contribution < 1.29 is 9.50 Å². The van der Waals surface area contributed by atoms with E-state index in [2.05, 4.69) is 15.9 Å². The van der Waals surface area contributed by atoms with Crippen molar-refractivity contribution in [3.63, 3.8) is 0 Å². The van der Waals surface area contributed by atoms with Gasteiger partial charge in [-0.1, -0.05) is 19.3 Å². The third-order valence-corrected chi connectivity index (χ3v) is 4.11. The Hall–Kier alpha value is -0.610. The van der Waals surface area contributed by atoms with Gasteiger partial charge in [0.25, 0.3) is 0 Å². The molecule has 4 heteroatoms. The van der Waals surface area contributed by atoms with Crippen molar-refractivity contribution in [3.05, 3.63) is 28.0 Å². The van der Waals surface area contributed by atoms with Crippen LogP contribution < -0.4 is 5.73 Å². The van der Waals surface area contributed by atoms with Crippen LogP contribution in [-0.4, -0.2) is 5.11 Å². The van der Waals surface area contributed by atoms with Gasteiger partial charge in [-0.25, -0.2) is 4.39 Å². The molecule has 2 rings (SSSR count). The lowest BCUT2D eigenvalue weighted by atomic mass is 9.77. The minimum atomic E-state index is -0.475. The number of halogens is 2. The van der Waals surface area contributed by atoms with Gasteiger partial charge in [-0.2, -0.15) is 0 Å². The van der Waals surface area contributed by atoms with Crippen LogP contribution in [0.2, 0.25) is 0 Å². The number of phenolic OH excluding ortho intramolecular Hbond substituents is 1. The number of hydrogen-bond donors (Lipinski definition) is 2. The first-order valence-electron chi connectivity index (χ1n) is 5.50. The molecule has 1 aromatic rings. The first kappa shape index (κ1) is 11.9. The molecule has 1 aromatic carbocycles. The Balaban J connectivity index is 2.39. The van der Waals surface area contributed by atoms with Crippen LogP contribution in [0.3, 0.4) is 0 Å². The number of benzene rings is 1. The molecule has 0 heterocycles. The van der Waals surface area contributed by atoms with Crippen molar-refractivity contribution in [2.75, 3.05) is 0 Å². The van der Waals surface area contributed by atoms with E-state index >= 15 is 0 Å². The van der Waals surface area contributed by atoms with Crippen LogP contribution in [0.1, 0.15) is 37.7 Å². The van der Waals surface area contributed by atoms with Gasteiger partial charge in [0.1, 0.15) is 11.6 Å². The summed E-state index contributed by atoms with van der Waals surface area (Å²) in [7, 11) is 0. The zero-order valence-corrected chi connectivity index (χ0v) is 10.6. The van der Waals surface area contributed by atoms with Crippen molar-refractivity contribution in [3.8, 4) is 5.75 Å². The van der Waals surface area contributed by atoms with Gasteiger partial charge < -0.3 is 10.8 Å². The number of aromatic hydroxyl groups is 1. The van der Waals surface area contributed by atoms with Crippen LogP contribution in [0.4, 0.5) is 4.39 Å². The lowest BCUT2D eigenvalue weighted by molar-refractivity contribution is 0.300. The van der Waals surface area contributed by atoms with Gasteiger partial charge >= 0.3 is 0 Å². The van der Waals surface area contributed by atoms with E-state index in [4.69, 9.17) is 5.73 Å². The number of hydrogen-bond acceptors (Lipinski definition) is 2. The van der Waals surface area contributed by atoms with Crippen molar-refractivity contribution in [1.82, 2.24) is 0 Å². The fourth-order valence-corrected chi connectivity index (χ4v) is 2.56. The molecule has 1 saturated carbocycles. The molecule has 0 radical (unpaired) electrons. The molecule has 0 aromatic heterocycles. The highest BCUT2D eigenvalue weighted by molar-refractivity contribution is 9.10. The second-order valence-electron chi connectivity index (χ2n) is 4.51. The number of phenols is 1. The lowest BCUT2D eigenvalue weighted by Gasteiger charge is -2.34. The van der Waals surface area contributed by atoms with Gasteiger partial charge in [0, 0.05) is 5.54 Å². The van der Waals surface area contributed by atoms with E-state index in [0.717, 1.165) is 25.7 Å². The summed E-state index contributed by atoms with van der Waals surface area (Å²) in [6.45, 7) is 0. The van der Waals surface area contributed by atoms with Gasteiger partial charge in [-0.3, -0.25) is 0 Å². The average molecular weight is 288 g/mol. The molecule has 2 nitrogen and oxygen atoms in total. The predicted molar refractivity (Wildman–Crippen MR) is 64.7 cm³/mol. The summed E-state index contributed by atoms with van der Waals surface area (Å²) in [5.74, 6) is -0.532. The molecule has 0 saturated heterocycles. The SMILES string of the molecule is NC1(c2cc(O)c(Br)c(F)c2)CCCCC1. The van der Waals surface area contributed by atoms with Gasteiger partial charge in [0.05, 0.1) is 4.47 Å². The van der Waals surface area contributed by atoms with Crippen LogP contribution in [0.25, 0.3) is 0 Å². The Kier molecular flexibility index (Phi) is 3.22. The highest BCUT2D eigenvalue weighted by Gasteiger charge is 2.30. The van der Waals surface area contributed by atoms with E-state index in [9.17, 15) is 9.50 Å². The van der Waals surface area contributed by atoms with E-state index in [1.807, 2.05) is 0 Å². The normalized spacial score (nSPS) is 19.7.